The van der Waals surface area contributed by atoms with E-state index in [1.807, 2.05) is 48.5 Å². The van der Waals surface area contributed by atoms with Crippen LogP contribution in [-0.2, 0) is 11.3 Å². The van der Waals surface area contributed by atoms with Crippen LogP contribution in [0, 0.1) is 0 Å². The zero-order valence-electron chi connectivity index (χ0n) is 15.2. The van der Waals surface area contributed by atoms with Gasteiger partial charge in [0.15, 0.2) is 5.82 Å². The number of rotatable bonds is 6. The Morgan fingerprint density at radius 2 is 1.79 bits per heavy atom. The summed E-state index contributed by atoms with van der Waals surface area (Å²) in [5, 5.41) is 12.0. The monoisotopic (exact) mass is 397 g/mol. The number of nitrogens with zero attached hydrogens (tertiary/aromatic N) is 4. The maximum atomic E-state index is 5.90. The van der Waals surface area contributed by atoms with Crippen LogP contribution >= 0.6 is 11.6 Å². The molecule has 1 aliphatic heterocycles. The van der Waals surface area contributed by atoms with Crippen LogP contribution < -0.4 is 15.0 Å². The van der Waals surface area contributed by atoms with E-state index in [1.165, 1.54) is 0 Å². The van der Waals surface area contributed by atoms with Crippen LogP contribution in [0.3, 0.4) is 0 Å². The first kappa shape index (κ1) is 18.5. The van der Waals surface area contributed by atoms with Gasteiger partial charge in [0.05, 0.1) is 19.4 Å². The number of hydrogen-bond donors (Lipinski definition) is 1. The molecule has 0 unspecified atom stereocenters. The number of aromatic nitrogens is 3. The van der Waals surface area contributed by atoms with Crippen molar-refractivity contribution in [2.75, 3.05) is 36.5 Å². The van der Waals surface area contributed by atoms with Crippen LogP contribution in [0.15, 0.2) is 54.7 Å². The van der Waals surface area contributed by atoms with Crippen LogP contribution in [0.1, 0.15) is 5.56 Å². The third kappa shape index (κ3) is 4.88. The number of anilines is 3. The van der Waals surface area contributed by atoms with Crippen molar-refractivity contribution in [1.82, 2.24) is 15.2 Å². The second-order valence-corrected chi connectivity index (χ2v) is 6.74. The highest BCUT2D eigenvalue weighted by molar-refractivity contribution is 6.30. The number of halogens is 1. The highest BCUT2D eigenvalue weighted by Gasteiger charge is 2.13. The first-order valence-corrected chi connectivity index (χ1v) is 9.41. The summed E-state index contributed by atoms with van der Waals surface area (Å²) >= 11 is 5.90. The van der Waals surface area contributed by atoms with Gasteiger partial charge in [-0.05, 0) is 42.0 Å². The van der Waals surface area contributed by atoms with Crippen molar-refractivity contribution < 1.29 is 9.47 Å². The van der Waals surface area contributed by atoms with Gasteiger partial charge in [0, 0.05) is 23.8 Å². The minimum atomic E-state index is 0.457. The molecule has 0 radical (unpaired) electrons. The zero-order valence-corrected chi connectivity index (χ0v) is 16.0. The normalized spacial score (nSPS) is 14.0. The van der Waals surface area contributed by atoms with E-state index in [2.05, 4.69) is 25.4 Å². The number of nitrogens with one attached hydrogen (secondary N) is 1. The molecule has 28 heavy (non-hydrogen) atoms. The van der Waals surface area contributed by atoms with Crippen molar-refractivity contribution in [1.29, 1.82) is 0 Å². The molecule has 0 bridgehead atoms. The molecule has 4 rings (SSSR count). The summed E-state index contributed by atoms with van der Waals surface area (Å²) in [6.07, 6.45) is 1.67. The zero-order chi connectivity index (χ0) is 19.2. The van der Waals surface area contributed by atoms with E-state index in [1.54, 1.807) is 6.20 Å². The van der Waals surface area contributed by atoms with E-state index in [0.29, 0.717) is 30.8 Å². The Morgan fingerprint density at radius 1 is 1.04 bits per heavy atom. The Bertz CT molecular complexity index is 899. The fourth-order valence-corrected chi connectivity index (χ4v) is 2.93. The molecule has 1 N–H and O–H groups in total. The standard InChI is InChI=1S/C20H20ClN5O2/c21-16-3-1-15(2-4-16)14-28-18-7-5-17(6-8-18)23-20-24-19(13-22-25-20)26-9-11-27-12-10-26/h1-8,13H,9-12,14H2,(H,23,24,25). The van der Waals surface area contributed by atoms with Crippen molar-refractivity contribution in [2.45, 2.75) is 6.61 Å². The van der Waals surface area contributed by atoms with Gasteiger partial charge in [0.1, 0.15) is 12.4 Å². The molecule has 0 amide bonds. The Labute approximate surface area is 168 Å². The van der Waals surface area contributed by atoms with E-state index in [4.69, 9.17) is 21.1 Å². The molecular formula is C20H20ClN5O2. The number of morpholine rings is 1. The van der Waals surface area contributed by atoms with Gasteiger partial charge in [-0.1, -0.05) is 23.7 Å². The molecule has 2 heterocycles. The van der Waals surface area contributed by atoms with Gasteiger partial charge in [-0.15, -0.1) is 5.10 Å². The average molecular weight is 398 g/mol. The van der Waals surface area contributed by atoms with Crippen LogP contribution in [0.25, 0.3) is 0 Å². The lowest BCUT2D eigenvalue weighted by atomic mass is 10.2. The SMILES string of the molecule is Clc1ccc(COc2ccc(Nc3nncc(N4CCOCC4)n3)cc2)cc1. The van der Waals surface area contributed by atoms with Crippen molar-refractivity contribution in [3.05, 3.63) is 65.3 Å². The van der Waals surface area contributed by atoms with Crippen LogP contribution in [-0.4, -0.2) is 41.5 Å². The molecule has 3 aromatic rings. The highest BCUT2D eigenvalue weighted by Crippen LogP contribution is 2.20. The Balaban J connectivity index is 1.35. The number of benzene rings is 2. The Kier molecular flexibility index (Phi) is 5.84. The fraction of sp³-hybridized carbons (Fsp3) is 0.250. The molecule has 144 valence electrons. The van der Waals surface area contributed by atoms with Gasteiger partial charge in [-0.2, -0.15) is 10.1 Å². The molecule has 0 spiro atoms. The van der Waals surface area contributed by atoms with Crippen molar-refractivity contribution in [3.8, 4) is 5.75 Å². The van der Waals surface area contributed by atoms with Crippen molar-refractivity contribution >= 4 is 29.1 Å². The summed E-state index contributed by atoms with van der Waals surface area (Å²) in [4.78, 5) is 6.68. The maximum Gasteiger partial charge on any atom is 0.249 e. The van der Waals surface area contributed by atoms with Gasteiger partial charge in [-0.3, -0.25) is 0 Å². The van der Waals surface area contributed by atoms with E-state index < -0.39 is 0 Å². The molecule has 8 heteroatoms. The summed E-state index contributed by atoms with van der Waals surface area (Å²) in [6.45, 7) is 3.49. The lowest BCUT2D eigenvalue weighted by Crippen LogP contribution is -2.36. The molecule has 1 saturated heterocycles. The third-order valence-electron chi connectivity index (χ3n) is 4.31. The molecule has 7 nitrogen and oxygen atoms in total. The smallest absolute Gasteiger partial charge is 0.249 e. The molecule has 0 saturated carbocycles. The first-order chi connectivity index (χ1) is 13.8. The predicted molar refractivity (Wildman–Crippen MR) is 108 cm³/mol. The number of hydrogen-bond acceptors (Lipinski definition) is 7. The van der Waals surface area contributed by atoms with Crippen LogP contribution in [0.4, 0.5) is 17.5 Å². The van der Waals surface area contributed by atoms with Gasteiger partial charge in [0.2, 0.25) is 5.95 Å². The minimum Gasteiger partial charge on any atom is -0.489 e. The summed E-state index contributed by atoms with van der Waals surface area (Å²) < 4.78 is 11.2. The fourth-order valence-electron chi connectivity index (χ4n) is 2.80. The molecule has 0 aliphatic carbocycles. The quantitative estimate of drug-likeness (QED) is 0.680. The topological polar surface area (TPSA) is 72.4 Å². The largest absolute Gasteiger partial charge is 0.489 e. The van der Waals surface area contributed by atoms with Crippen LogP contribution in [0.2, 0.25) is 5.02 Å². The molecule has 2 aromatic carbocycles. The summed E-state index contributed by atoms with van der Waals surface area (Å²) in [6, 6.07) is 15.2. The summed E-state index contributed by atoms with van der Waals surface area (Å²) in [7, 11) is 0. The lowest BCUT2D eigenvalue weighted by molar-refractivity contribution is 0.122. The first-order valence-electron chi connectivity index (χ1n) is 9.03. The molecular weight excluding hydrogens is 378 g/mol. The van der Waals surface area contributed by atoms with E-state index in [0.717, 1.165) is 35.9 Å². The average Bonchev–Trinajstić information content (AvgIpc) is 2.75. The van der Waals surface area contributed by atoms with E-state index in [9.17, 15) is 0 Å². The molecule has 1 aromatic heterocycles. The van der Waals surface area contributed by atoms with Crippen molar-refractivity contribution in [3.63, 3.8) is 0 Å². The Morgan fingerprint density at radius 3 is 2.54 bits per heavy atom. The molecule has 1 fully saturated rings. The Hall–Kier alpha value is -2.90. The number of ether oxygens (including phenoxy) is 2. The predicted octanol–water partition coefficient (Wildman–Crippen LogP) is 3.68. The lowest BCUT2D eigenvalue weighted by Gasteiger charge is -2.27. The van der Waals surface area contributed by atoms with Crippen molar-refractivity contribution in [2.24, 2.45) is 0 Å². The molecule has 1 aliphatic rings. The third-order valence-corrected chi connectivity index (χ3v) is 4.56. The van der Waals surface area contributed by atoms with Gasteiger partial charge in [-0.25, -0.2) is 0 Å². The van der Waals surface area contributed by atoms with E-state index >= 15 is 0 Å². The van der Waals surface area contributed by atoms with Gasteiger partial charge < -0.3 is 19.7 Å². The maximum absolute atomic E-state index is 5.90. The van der Waals surface area contributed by atoms with E-state index in [-0.39, 0.29) is 0 Å². The minimum absolute atomic E-state index is 0.457. The summed E-state index contributed by atoms with van der Waals surface area (Å²) in [5.41, 5.74) is 1.92. The van der Waals surface area contributed by atoms with Gasteiger partial charge >= 0.3 is 0 Å². The highest BCUT2D eigenvalue weighted by atomic mass is 35.5. The van der Waals surface area contributed by atoms with Gasteiger partial charge in [0.25, 0.3) is 0 Å². The summed E-state index contributed by atoms with van der Waals surface area (Å²) in [5.74, 6) is 2.03. The molecule has 0 atom stereocenters. The van der Waals surface area contributed by atoms with Crippen LogP contribution in [0.5, 0.6) is 5.75 Å². The second kappa shape index (κ2) is 8.86. The second-order valence-electron chi connectivity index (χ2n) is 6.30.